The van der Waals surface area contributed by atoms with Crippen LogP contribution in [0.5, 0.6) is 0 Å². The van der Waals surface area contributed by atoms with Crippen LogP contribution in [-0.2, 0) is 0 Å². The molecule has 2 rings (SSSR count). The molecule has 0 spiro atoms. The summed E-state index contributed by atoms with van der Waals surface area (Å²) in [4.78, 5) is 10.1. The van der Waals surface area contributed by atoms with Crippen LogP contribution in [0.25, 0.3) is 0 Å². The molecule has 0 bridgehead atoms. The Bertz CT molecular complexity index is 328. The van der Waals surface area contributed by atoms with E-state index >= 15 is 0 Å². The van der Waals surface area contributed by atoms with Crippen LogP contribution in [0.15, 0.2) is 24.3 Å². The first-order valence-corrected chi connectivity index (χ1v) is 4.72. The Hall–Kier alpha value is -1.42. The minimum atomic E-state index is -0.364. The fourth-order valence-electron chi connectivity index (χ4n) is 1.81. The fourth-order valence-corrected chi connectivity index (χ4v) is 1.81. The summed E-state index contributed by atoms with van der Waals surface area (Å²) in [6.45, 7) is 2.03. The summed E-state index contributed by atoms with van der Waals surface area (Å²) in [6.07, 6.45) is 1.12. The molecule has 1 aliphatic rings. The van der Waals surface area contributed by atoms with E-state index in [0.29, 0.717) is 5.92 Å². The van der Waals surface area contributed by atoms with Gasteiger partial charge in [0.2, 0.25) is 0 Å². The van der Waals surface area contributed by atoms with Crippen molar-refractivity contribution in [3.8, 4) is 0 Å². The molecule has 0 aromatic heterocycles. The molecule has 0 unspecified atom stereocenters. The topological polar surface area (TPSA) is 55.2 Å². The van der Waals surface area contributed by atoms with E-state index in [-0.39, 0.29) is 10.6 Å². The number of nitro groups is 1. The van der Waals surface area contributed by atoms with Crippen molar-refractivity contribution in [2.75, 3.05) is 13.1 Å². The van der Waals surface area contributed by atoms with E-state index in [1.54, 1.807) is 12.1 Å². The third-order valence-corrected chi connectivity index (χ3v) is 2.64. The Labute approximate surface area is 82.1 Å². The summed E-state index contributed by atoms with van der Waals surface area (Å²) < 4.78 is 0. The van der Waals surface area contributed by atoms with Gasteiger partial charge in [0.25, 0.3) is 5.69 Å². The van der Waals surface area contributed by atoms with E-state index in [1.165, 1.54) is 5.56 Å². The van der Waals surface area contributed by atoms with Gasteiger partial charge < -0.3 is 5.32 Å². The van der Waals surface area contributed by atoms with E-state index < -0.39 is 0 Å². The third kappa shape index (κ3) is 1.75. The van der Waals surface area contributed by atoms with Crippen molar-refractivity contribution in [2.45, 2.75) is 12.3 Å². The Balaban J connectivity index is 2.16. The zero-order chi connectivity index (χ0) is 9.97. The van der Waals surface area contributed by atoms with Crippen molar-refractivity contribution >= 4 is 5.69 Å². The maximum Gasteiger partial charge on any atom is 0.269 e. The van der Waals surface area contributed by atoms with Crippen LogP contribution < -0.4 is 5.32 Å². The van der Waals surface area contributed by atoms with Crippen molar-refractivity contribution in [2.24, 2.45) is 0 Å². The molecule has 1 fully saturated rings. The number of nitro benzene ring substituents is 1. The summed E-state index contributed by atoms with van der Waals surface area (Å²) in [5.74, 6) is 0.524. The second kappa shape index (κ2) is 3.75. The highest BCUT2D eigenvalue weighted by Crippen LogP contribution is 2.23. The number of nitrogens with zero attached hydrogens (tertiary/aromatic N) is 1. The molecule has 1 aromatic carbocycles. The van der Waals surface area contributed by atoms with Crippen molar-refractivity contribution in [3.63, 3.8) is 0 Å². The monoisotopic (exact) mass is 192 g/mol. The van der Waals surface area contributed by atoms with Crippen molar-refractivity contribution in [1.82, 2.24) is 5.32 Å². The van der Waals surface area contributed by atoms with Gasteiger partial charge in [0.1, 0.15) is 0 Å². The van der Waals surface area contributed by atoms with E-state index in [0.717, 1.165) is 19.5 Å². The molecule has 74 valence electrons. The Morgan fingerprint density at radius 1 is 1.36 bits per heavy atom. The van der Waals surface area contributed by atoms with Gasteiger partial charge in [0.05, 0.1) is 4.92 Å². The summed E-state index contributed by atoms with van der Waals surface area (Å²) in [5.41, 5.74) is 1.36. The average Bonchev–Trinajstić information content (AvgIpc) is 2.71. The normalized spacial score (nSPS) is 21.0. The van der Waals surface area contributed by atoms with Gasteiger partial charge in [-0.25, -0.2) is 0 Å². The molecule has 0 aliphatic carbocycles. The van der Waals surface area contributed by atoms with E-state index in [1.807, 2.05) is 12.1 Å². The number of hydrogen-bond donors (Lipinski definition) is 1. The molecule has 0 saturated carbocycles. The minimum absolute atomic E-state index is 0.166. The second-order valence-electron chi connectivity index (χ2n) is 3.54. The largest absolute Gasteiger partial charge is 0.316 e. The first-order valence-electron chi connectivity index (χ1n) is 4.72. The molecule has 4 heteroatoms. The summed E-state index contributed by atoms with van der Waals surface area (Å²) in [5, 5.41) is 13.7. The van der Waals surface area contributed by atoms with Crippen LogP contribution in [0.4, 0.5) is 5.69 Å². The summed E-state index contributed by atoms with van der Waals surface area (Å²) >= 11 is 0. The van der Waals surface area contributed by atoms with Crippen LogP contribution in [0.1, 0.15) is 17.9 Å². The molecule has 0 radical (unpaired) electrons. The highest BCUT2D eigenvalue weighted by molar-refractivity contribution is 5.34. The van der Waals surface area contributed by atoms with Gasteiger partial charge in [-0.2, -0.15) is 0 Å². The first-order chi connectivity index (χ1) is 6.77. The molecular formula is C10H12N2O2. The molecule has 1 aromatic rings. The summed E-state index contributed by atoms with van der Waals surface area (Å²) in [7, 11) is 0. The highest BCUT2D eigenvalue weighted by atomic mass is 16.6. The first kappa shape index (κ1) is 9.15. The van der Waals surface area contributed by atoms with Crippen molar-refractivity contribution < 1.29 is 4.92 Å². The lowest BCUT2D eigenvalue weighted by molar-refractivity contribution is -0.384. The predicted molar refractivity (Wildman–Crippen MR) is 53.3 cm³/mol. The van der Waals surface area contributed by atoms with Crippen LogP contribution in [-0.4, -0.2) is 18.0 Å². The third-order valence-electron chi connectivity index (χ3n) is 2.64. The number of nitrogens with one attached hydrogen (secondary N) is 1. The standard InChI is InChI=1S/C10H12N2O2/c13-12(14)10-3-1-8(2-4-10)9-5-6-11-7-9/h1-4,9,11H,5-7H2/t9-/m1/s1. The summed E-state index contributed by atoms with van der Waals surface area (Å²) in [6, 6.07) is 6.87. The molecule has 1 aliphatic heterocycles. The van der Waals surface area contributed by atoms with Crippen LogP contribution in [0.3, 0.4) is 0 Å². The van der Waals surface area contributed by atoms with Crippen LogP contribution in [0.2, 0.25) is 0 Å². The zero-order valence-electron chi connectivity index (χ0n) is 7.77. The van der Waals surface area contributed by atoms with Gasteiger partial charge >= 0.3 is 0 Å². The van der Waals surface area contributed by atoms with Crippen LogP contribution in [0, 0.1) is 10.1 Å². The van der Waals surface area contributed by atoms with Gasteiger partial charge in [-0.3, -0.25) is 10.1 Å². The molecular weight excluding hydrogens is 180 g/mol. The Kier molecular flexibility index (Phi) is 2.45. The van der Waals surface area contributed by atoms with Gasteiger partial charge in [-0.15, -0.1) is 0 Å². The molecule has 1 saturated heterocycles. The van der Waals surface area contributed by atoms with Crippen LogP contribution >= 0.6 is 0 Å². The lowest BCUT2D eigenvalue weighted by atomic mass is 9.98. The maximum atomic E-state index is 10.4. The molecule has 14 heavy (non-hydrogen) atoms. The second-order valence-corrected chi connectivity index (χ2v) is 3.54. The molecule has 1 N–H and O–H groups in total. The van der Waals surface area contributed by atoms with Crippen molar-refractivity contribution in [3.05, 3.63) is 39.9 Å². The van der Waals surface area contributed by atoms with E-state index in [9.17, 15) is 10.1 Å². The van der Waals surface area contributed by atoms with Gasteiger partial charge in [0, 0.05) is 18.7 Å². The van der Waals surface area contributed by atoms with Gasteiger partial charge in [0.15, 0.2) is 0 Å². The Morgan fingerprint density at radius 3 is 2.57 bits per heavy atom. The fraction of sp³-hybridized carbons (Fsp3) is 0.400. The van der Waals surface area contributed by atoms with Gasteiger partial charge in [-0.05, 0) is 24.4 Å². The average molecular weight is 192 g/mol. The highest BCUT2D eigenvalue weighted by Gasteiger charge is 2.17. The predicted octanol–water partition coefficient (Wildman–Crippen LogP) is 1.67. The minimum Gasteiger partial charge on any atom is -0.316 e. The molecule has 0 amide bonds. The van der Waals surface area contributed by atoms with Gasteiger partial charge in [-0.1, -0.05) is 12.1 Å². The Morgan fingerprint density at radius 2 is 2.07 bits per heavy atom. The van der Waals surface area contributed by atoms with E-state index in [4.69, 9.17) is 0 Å². The number of non-ortho nitro benzene ring substituents is 1. The van der Waals surface area contributed by atoms with E-state index in [2.05, 4.69) is 5.32 Å². The number of rotatable bonds is 2. The molecule has 1 heterocycles. The lowest BCUT2D eigenvalue weighted by Crippen LogP contribution is -2.07. The molecule has 1 atom stereocenters. The number of benzene rings is 1. The lowest BCUT2D eigenvalue weighted by Gasteiger charge is -2.07. The maximum absolute atomic E-state index is 10.4. The molecule has 4 nitrogen and oxygen atoms in total. The quantitative estimate of drug-likeness (QED) is 0.572. The SMILES string of the molecule is O=[N+]([O-])c1ccc([C@@H]2CCNC2)cc1. The van der Waals surface area contributed by atoms with Crippen molar-refractivity contribution in [1.29, 1.82) is 0 Å². The number of hydrogen-bond acceptors (Lipinski definition) is 3. The zero-order valence-corrected chi connectivity index (χ0v) is 7.77. The smallest absolute Gasteiger partial charge is 0.269 e.